The molecule has 1 N–H and O–H groups in total. The Morgan fingerprint density at radius 1 is 1.31 bits per heavy atom. The molecule has 0 bridgehead atoms. The van der Waals surface area contributed by atoms with Crippen molar-refractivity contribution in [1.29, 1.82) is 0 Å². The van der Waals surface area contributed by atoms with E-state index in [4.69, 9.17) is 4.74 Å². The number of nitrogens with one attached hydrogen (secondary N) is 1. The van der Waals surface area contributed by atoms with Crippen molar-refractivity contribution >= 4 is 12.6 Å². The van der Waals surface area contributed by atoms with Crippen molar-refractivity contribution in [3.8, 4) is 5.75 Å². The fourth-order valence-electron chi connectivity index (χ4n) is 2.09. The van der Waals surface area contributed by atoms with Crippen LogP contribution in [0.3, 0.4) is 0 Å². The van der Waals surface area contributed by atoms with Gasteiger partial charge in [0.1, 0.15) is 5.75 Å². The topological polar surface area (TPSA) is 21.3 Å². The maximum absolute atomic E-state index is 5.55. The first-order chi connectivity index (χ1) is 7.56. The van der Waals surface area contributed by atoms with E-state index in [0.29, 0.717) is 0 Å². The van der Waals surface area contributed by atoms with Crippen molar-refractivity contribution in [3.63, 3.8) is 0 Å². The molecule has 1 unspecified atom stereocenters. The van der Waals surface area contributed by atoms with Crippen LogP contribution in [0, 0.1) is 20.8 Å². The highest BCUT2D eigenvalue weighted by Gasteiger charge is 2.18. The van der Waals surface area contributed by atoms with Crippen LogP contribution in [0.25, 0.3) is 0 Å². The molecular formula is C13H21NOS. The number of rotatable bonds is 4. The summed E-state index contributed by atoms with van der Waals surface area (Å²) in [5.74, 6) is 1.75. The Morgan fingerprint density at radius 3 is 2.38 bits per heavy atom. The number of aryl methyl sites for hydroxylation is 2. The molecule has 0 radical (unpaired) electrons. The first-order valence-electron chi connectivity index (χ1n) is 5.49. The molecule has 1 aromatic carbocycles. The average Bonchev–Trinajstić information content (AvgIpc) is 2.27. The Kier molecular flexibility index (Phi) is 4.69. The zero-order valence-corrected chi connectivity index (χ0v) is 11.6. The van der Waals surface area contributed by atoms with E-state index in [-0.39, 0.29) is 6.04 Å². The maximum Gasteiger partial charge on any atom is 0.127 e. The Morgan fingerprint density at radius 2 is 1.94 bits per heavy atom. The lowest BCUT2D eigenvalue weighted by molar-refractivity contribution is 0.400. The largest absolute Gasteiger partial charge is 0.496 e. The van der Waals surface area contributed by atoms with Crippen molar-refractivity contribution in [2.75, 3.05) is 19.9 Å². The maximum atomic E-state index is 5.55. The quantitative estimate of drug-likeness (QED) is 0.788. The predicted octanol–water partition coefficient (Wildman–Crippen LogP) is 2.81. The molecule has 0 aliphatic rings. The fraction of sp³-hybridized carbons (Fsp3) is 0.538. The molecule has 2 nitrogen and oxygen atoms in total. The summed E-state index contributed by atoms with van der Waals surface area (Å²) in [5.41, 5.74) is 4.97. The second-order valence-corrected chi connectivity index (χ2v) is 4.47. The molecule has 1 rings (SSSR count). The van der Waals surface area contributed by atoms with E-state index in [0.717, 1.165) is 11.5 Å². The van der Waals surface area contributed by atoms with E-state index in [9.17, 15) is 0 Å². The number of ether oxygens (including phenoxy) is 1. The summed E-state index contributed by atoms with van der Waals surface area (Å²) < 4.78 is 5.55. The molecule has 0 aromatic heterocycles. The standard InChI is InChI=1S/C13H21NOS/c1-8-6-9(2)12(11(7-16)14-4)13(15-5)10(8)3/h6,11,14,16H,7H2,1-5H3. The van der Waals surface area contributed by atoms with Crippen LogP contribution in [0.15, 0.2) is 6.07 Å². The minimum atomic E-state index is 0.234. The fourth-order valence-corrected chi connectivity index (χ4v) is 2.46. The van der Waals surface area contributed by atoms with E-state index >= 15 is 0 Å². The molecule has 0 saturated heterocycles. The summed E-state index contributed by atoms with van der Waals surface area (Å²) in [6, 6.07) is 2.44. The summed E-state index contributed by atoms with van der Waals surface area (Å²) in [5, 5.41) is 3.27. The summed E-state index contributed by atoms with van der Waals surface area (Å²) in [4.78, 5) is 0. The SMILES string of the molecule is CNC(CS)c1c(C)cc(C)c(C)c1OC. The molecule has 0 aliphatic heterocycles. The minimum Gasteiger partial charge on any atom is -0.496 e. The Labute approximate surface area is 104 Å². The number of thiol groups is 1. The van der Waals surface area contributed by atoms with E-state index in [1.165, 1.54) is 22.3 Å². The summed E-state index contributed by atoms with van der Waals surface area (Å²) in [6.07, 6.45) is 0. The lowest BCUT2D eigenvalue weighted by Crippen LogP contribution is -2.20. The van der Waals surface area contributed by atoms with Crippen molar-refractivity contribution in [1.82, 2.24) is 5.32 Å². The molecule has 16 heavy (non-hydrogen) atoms. The lowest BCUT2D eigenvalue weighted by Gasteiger charge is -2.22. The van der Waals surface area contributed by atoms with Crippen LogP contribution < -0.4 is 10.1 Å². The molecule has 0 heterocycles. The monoisotopic (exact) mass is 239 g/mol. The van der Waals surface area contributed by atoms with E-state index in [1.54, 1.807) is 7.11 Å². The molecule has 0 amide bonds. The average molecular weight is 239 g/mol. The minimum absolute atomic E-state index is 0.234. The van der Waals surface area contributed by atoms with E-state index in [1.807, 2.05) is 7.05 Å². The van der Waals surface area contributed by atoms with E-state index < -0.39 is 0 Å². The number of hydrogen-bond donors (Lipinski definition) is 2. The van der Waals surface area contributed by atoms with Gasteiger partial charge in [-0.1, -0.05) is 6.07 Å². The van der Waals surface area contributed by atoms with Crippen LogP contribution in [-0.4, -0.2) is 19.9 Å². The van der Waals surface area contributed by atoms with Crippen LogP contribution in [0.1, 0.15) is 28.3 Å². The molecule has 0 saturated carbocycles. The van der Waals surface area contributed by atoms with Gasteiger partial charge in [0.2, 0.25) is 0 Å². The van der Waals surface area contributed by atoms with Gasteiger partial charge < -0.3 is 10.1 Å². The van der Waals surface area contributed by atoms with Gasteiger partial charge in [0.15, 0.2) is 0 Å². The summed E-state index contributed by atoms with van der Waals surface area (Å²) >= 11 is 4.38. The normalized spacial score (nSPS) is 12.6. The smallest absolute Gasteiger partial charge is 0.127 e. The number of hydrogen-bond acceptors (Lipinski definition) is 3. The van der Waals surface area contributed by atoms with Crippen LogP contribution in [0.4, 0.5) is 0 Å². The third-order valence-corrected chi connectivity index (χ3v) is 3.48. The van der Waals surface area contributed by atoms with Crippen molar-refractivity contribution < 1.29 is 4.74 Å². The first kappa shape index (κ1) is 13.4. The molecule has 0 aliphatic carbocycles. The van der Waals surface area contributed by atoms with Gasteiger partial charge in [-0.2, -0.15) is 12.6 Å². The Hall–Kier alpha value is -0.670. The molecule has 1 aromatic rings. The van der Waals surface area contributed by atoms with Crippen LogP contribution in [0.2, 0.25) is 0 Å². The third kappa shape index (κ3) is 2.36. The van der Waals surface area contributed by atoms with Crippen molar-refractivity contribution in [2.24, 2.45) is 0 Å². The second-order valence-electron chi connectivity index (χ2n) is 4.11. The highest BCUT2D eigenvalue weighted by molar-refractivity contribution is 7.80. The van der Waals surface area contributed by atoms with Gasteiger partial charge in [-0.05, 0) is 44.5 Å². The number of methoxy groups -OCH3 is 1. The molecular weight excluding hydrogens is 218 g/mol. The second kappa shape index (κ2) is 5.60. The molecule has 1 atom stereocenters. The zero-order valence-electron chi connectivity index (χ0n) is 10.7. The molecule has 0 spiro atoms. The van der Waals surface area contributed by atoms with E-state index in [2.05, 4.69) is 44.8 Å². The van der Waals surface area contributed by atoms with Gasteiger partial charge >= 0.3 is 0 Å². The predicted molar refractivity (Wildman–Crippen MR) is 72.9 cm³/mol. The number of benzene rings is 1. The molecule has 3 heteroatoms. The van der Waals surface area contributed by atoms with Crippen LogP contribution in [0.5, 0.6) is 5.75 Å². The zero-order chi connectivity index (χ0) is 12.3. The van der Waals surface area contributed by atoms with Crippen LogP contribution >= 0.6 is 12.6 Å². The van der Waals surface area contributed by atoms with Crippen molar-refractivity contribution in [3.05, 3.63) is 28.3 Å². The Balaban J connectivity index is 3.41. The molecule has 90 valence electrons. The summed E-state index contributed by atoms with van der Waals surface area (Å²) in [7, 11) is 3.69. The van der Waals surface area contributed by atoms with Gasteiger partial charge in [-0.25, -0.2) is 0 Å². The first-order valence-corrected chi connectivity index (χ1v) is 6.12. The lowest BCUT2D eigenvalue weighted by atomic mass is 9.95. The van der Waals surface area contributed by atoms with Crippen molar-refractivity contribution in [2.45, 2.75) is 26.8 Å². The molecule has 0 fully saturated rings. The highest BCUT2D eigenvalue weighted by Crippen LogP contribution is 2.34. The summed E-state index contributed by atoms with van der Waals surface area (Å²) in [6.45, 7) is 6.34. The third-order valence-electron chi connectivity index (χ3n) is 3.12. The van der Waals surface area contributed by atoms with Gasteiger partial charge in [0.25, 0.3) is 0 Å². The van der Waals surface area contributed by atoms with Gasteiger partial charge in [-0.15, -0.1) is 0 Å². The van der Waals surface area contributed by atoms with Gasteiger partial charge in [0, 0.05) is 17.4 Å². The Bertz CT molecular complexity index is 373. The van der Waals surface area contributed by atoms with Gasteiger partial charge in [-0.3, -0.25) is 0 Å². The highest BCUT2D eigenvalue weighted by atomic mass is 32.1. The van der Waals surface area contributed by atoms with Gasteiger partial charge in [0.05, 0.1) is 7.11 Å². The van der Waals surface area contributed by atoms with Crippen LogP contribution in [-0.2, 0) is 0 Å².